The molecule has 1 aliphatic rings. The Balaban J connectivity index is 1.82. The third kappa shape index (κ3) is 5.10. The number of rotatable bonds is 7. The lowest BCUT2D eigenvalue weighted by molar-refractivity contribution is -0.150. The van der Waals surface area contributed by atoms with Crippen LogP contribution < -0.4 is 15.4 Å². The Labute approximate surface area is 189 Å². The minimum Gasteiger partial charge on any atom is -0.497 e. The van der Waals surface area contributed by atoms with Crippen LogP contribution in [0.2, 0.25) is 0 Å². The highest BCUT2D eigenvalue weighted by atomic mass is 32.2. The Morgan fingerprint density at radius 3 is 2.41 bits per heavy atom. The normalized spacial score (nSPS) is 17.7. The lowest BCUT2D eigenvalue weighted by atomic mass is 9.78. The molecule has 0 saturated carbocycles. The van der Waals surface area contributed by atoms with Crippen molar-refractivity contribution in [1.82, 2.24) is 5.32 Å². The number of ether oxygens (including phenoxy) is 2. The molecule has 0 saturated heterocycles. The molecule has 0 aromatic heterocycles. The molecule has 0 fully saturated rings. The third-order valence-corrected chi connectivity index (χ3v) is 5.88. The van der Waals surface area contributed by atoms with Crippen molar-refractivity contribution in [3.63, 3.8) is 0 Å². The van der Waals surface area contributed by atoms with E-state index in [4.69, 9.17) is 9.47 Å². The smallest absolute Gasteiger partial charge is 0.319 e. The molecule has 2 aromatic rings. The van der Waals surface area contributed by atoms with Crippen LogP contribution >= 0.6 is 11.8 Å². The summed E-state index contributed by atoms with van der Waals surface area (Å²) in [6, 6.07) is 17.8. The molecule has 0 spiro atoms. The van der Waals surface area contributed by atoms with Crippen molar-refractivity contribution in [3.05, 3.63) is 70.8 Å². The van der Waals surface area contributed by atoms with Gasteiger partial charge >= 0.3 is 5.97 Å². The maximum absolute atomic E-state index is 12.8. The van der Waals surface area contributed by atoms with Crippen LogP contribution in [-0.2, 0) is 19.1 Å². The number of esters is 1. The molecule has 32 heavy (non-hydrogen) atoms. The first-order chi connectivity index (χ1) is 15.5. The predicted octanol–water partition coefficient (Wildman–Crippen LogP) is 2.80. The molecule has 2 amide bonds. The fraction of sp³-hybridized carbons (Fsp3) is 0.217. The topological polar surface area (TPSA) is 118 Å². The van der Waals surface area contributed by atoms with Crippen LogP contribution in [0.25, 0.3) is 0 Å². The number of amides is 2. The second-order valence-electron chi connectivity index (χ2n) is 6.80. The molecule has 0 unspecified atom stereocenters. The summed E-state index contributed by atoms with van der Waals surface area (Å²) in [7, 11) is 2.75. The fourth-order valence-corrected chi connectivity index (χ4v) is 4.20. The number of benzene rings is 2. The van der Waals surface area contributed by atoms with E-state index in [1.54, 1.807) is 61.7 Å². The summed E-state index contributed by atoms with van der Waals surface area (Å²) in [4.78, 5) is 37.5. The molecule has 164 valence electrons. The molecule has 1 heterocycles. The lowest BCUT2D eigenvalue weighted by Crippen LogP contribution is -2.44. The minimum absolute atomic E-state index is 0.0444. The standard InChI is InChI=1S/C23H21N3O5S/c1-30-16-10-8-15(9-11-16)25-18(27)13-32-22-17(12-24)19(14-6-4-3-5-7-14)20(21(28)26-22)23(29)31-2/h3-11,19-20H,13H2,1-2H3,(H,25,27)(H,26,28)/t19-,20+/m1/s1. The van der Waals surface area contributed by atoms with Crippen LogP contribution in [-0.4, -0.2) is 37.8 Å². The molecule has 0 bridgehead atoms. The molecular formula is C23H21N3O5S. The molecule has 2 N–H and O–H groups in total. The first kappa shape index (κ1) is 22.9. The van der Waals surface area contributed by atoms with Gasteiger partial charge in [0.25, 0.3) is 0 Å². The van der Waals surface area contributed by atoms with Crippen LogP contribution in [0.15, 0.2) is 65.2 Å². The molecule has 3 rings (SSSR count). The van der Waals surface area contributed by atoms with Crippen LogP contribution in [0.1, 0.15) is 11.5 Å². The van der Waals surface area contributed by atoms with Gasteiger partial charge < -0.3 is 20.1 Å². The molecule has 0 radical (unpaired) electrons. The zero-order valence-electron chi connectivity index (χ0n) is 17.5. The second kappa shape index (κ2) is 10.5. The maximum Gasteiger partial charge on any atom is 0.319 e. The summed E-state index contributed by atoms with van der Waals surface area (Å²) in [6.07, 6.45) is 0. The van der Waals surface area contributed by atoms with Gasteiger partial charge in [-0.2, -0.15) is 5.26 Å². The van der Waals surface area contributed by atoms with Gasteiger partial charge in [-0.1, -0.05) is 42.1 Å². The van der Waals surface area contributed by atoms with Crippen molar-refractivity contribution in [2.75, 3.05) is 25.3 Å². The van der Waals surface area contributed by atoms with E-state index in [1.807, 2.05) is 0 Å². The number of allylic oxidation sites excluding steroid dienone is 1. The summed E-state index contributed by atoms with van der Waals surface area (Å²) in [5, 5.41) is 15.5. The van der Waals surface area contributed by atoms with E-state index in [-0.39, 0.29) is 22.3 Å². The zero-order chi connectivity index (χ0) is 23.1. The highest BCUT2D eigenvalue weighted by molar-refractivity contribution is 8.03. The summed E-state index contributed by atoms with van der Waals surface area (Å²) < 4.78 is 9.90. The van der Waals surface area contributed by atoms with Crippen LogP contribution in [0.5, 0.6) is 5.75 Å². The molecule has 0 aliphatic carbocycles. The summed E-state index contributed by atoms with van der Waals surface area (Å²) in [6.45, 7) is 0. The monoisotopic (exact) mass is 451 g/mol. The van der Waals surface area contributed by atoms with Crippen molar-refractivity contribution in [2.45, 2.75) is 5.92 Å². The second-order valence-corrected chi connectivity index (χ2v) is 7.78. The largest absolute Gasteiger partial charge is 0.497 e. The highest BCUT2D eigenvalue weighted by Gasteiger charge is 2.44. The summed E-state index contributed by atoms with van der Waals surface area (Å²) in [5.41, 5.74) is 1.43. The molecule has 2 aromatic carbocycles. The lowest BCUT2D eigenvalue weighted by Gasteiger charge is -2.30. The number of carbonyl (C=O) groups is 3. The quantitative estimate of drug-likeness (QED) is 0.491. The number of nitrogens with zero attached hydrogens (tertiary/aromatic N) is 1. The molecule has 8 nitrogen and oxygen atoms in total. The van der Waals surface area contributed by atoms with Gasteiger partial charge in [-0.05, 0) is 29.8 Å². The Morgan fingerprint density at radius 2 is 1.81 bits per heavy atom. The number of carbonyl (C=O) groups excluding carboxylic acids is 3. The van der Waals surface area contributed by atoms with E-state index in [0.29, 0.717) is 17.0 Å². The van der Waals surface area contributed by atoms with Gasteiger partial charge in [0.1, 0.15) is 11.7 Å². The summed E-state index contributed by atoms with van der Waals surface area (Å²) >= 11 is 1.02. The van der Waals surface area contributed by atoms with Crippen LogP contribution in [0.3, 0.4) is 0 Å². The van der Waals surface area contributed by atoms with Crippen molar-refractivity contribution in [3.8, 4) is 11.8 Å². The van der Waals surface area contributed by atoms with Crippen LogP contribution in [0.4, 0.5) is 5.69 Å². The maximum atomic E-state index is 12.8. The van der Waals surface area contributed by atoms with Gasteiger partial charge in [0.2, 0.25) is 11.8 Å². The predicted molar refractivity (Wildman–Crippen MR) is 120 cm³/mol. The number of hydrogen-bond donors (Lipinski definition) is 2. The molecule has 2 atom stereocenters. The number of nitrogens with one attached hydrogen (secondary N) is 2. The minimum atomic E-state index is -1.20. The number of anilines is 1. The van der Waals surface area contributed by atoms with Crippen molar-refractivity contribution in [2.24, 2.45) is 5.92 Å². The Kier molecular flexibility index (Phi) is 7.52. The molecular weight excluding hydrogens is 430 g/mol. The first-order valence-electron chi connectivity index (χ1n) is 9.63. The van der Waals surface area contributed by atoms with Crippen LogP contribution in [0, 0.1) is 17.2 Å². The van der Waals surface area contributed by atoms with Crippen molar-refractivity contribution >= 4 is 35.2 Å². The van der Waals surface area contributed by atoms with Gasteiger partial charge in [0.15, 0.2) is 0 Å². The average Bonchev–Trinajstić information content (AvgIpc) is 2.82. The summed E-state index contributed by atoms with van der Waals surface area (Å²) in [5.74, 6) is -3.02. The van der Waals surface area contributed by atoms with E-state index >= 15 is 0 Å². The van der Waals surface area contributed by atoms with E-state index in [0.717, 1.165) is 11.8 Å². The molecule has 1 aliphatic heterocycles. The highest BCUT2D eigenvalue weighted by Crippen LogP contribution is 2.40. The Morgan fingerprint density at radius 1 is 1.12 bits per heavy atom. The van der Waals surface area contributed by atoms with E-state index in [9.17, 15) is 19.6 Å². The third-order valence-electron chi connectivity index (χ3n) is 4.86. The average molecular weight is 452 g/mol. The van der Waals surface area contributed by atoms with Gasteiger partial charge in [0.05, 0.1) is 36.6 Å². The van der Waals surface area contributed by atoms with Crippen molar-refractivity contribution in [1.29, 1.82) is 5.26 Å². The van der Waals surface area contributed by atoms with E-state index in [2.05, 4.69) is 16.7 Å². The van der Waals surface area contributed by atoms with Gasteiger partial charge in [-0.15, -0.1) is 0 Å². The van der Waals surface area contributed by atoms with E-state index < -0.39 is 23.7 Å². The Bertz CT molecular complexity index is 1080. The van der Waals surface area contributed by atoms with Gasteiger partial charge in [-0.3, -0.25) is 14.4 Å². The molecule has 9 heteroatoms. The zero-order valence-corrected chi connectivity index (χ0v) is 18.3. The first-order valence-corrected chi connectivity index (χ1v) is 10.6. The number of hydrogen-bond acceptors (Lipinski definition) is 7. The SMILES string of the molecule is COC(=O)[C@@H]1C(=O)NC(SCC(=O)Nc2ccc(OC)cc2)=C(C#N)[C@H]1c1ccccc1. The number of methoxy groups -OCH3 is 2. The Hall–Kier alpha value is -3.77. The fourth-order valence-electron chi connectivity index (χ4n) is 3.35. The number of thioether (sulfide) groups is 1. The van der Waals surface area contributed by atoms with Gasteiger partial charge in [-0.25, -0.2) is 0 Å². The van der Waals surface area contributed by atoms with Crippen molar-refractivity contribution < 1.29 is 23.9 Å². The van der Waals surface area contributed by atoms with Gasteiger partial charge in [0, 0.05) is 11.6 Å². The number of nitriles is 1. The van der Waals surface area contributed by atoms with E-state index in [1.165, 1.54) is 7.11 Å².